The average molecular weight is 372 g/mol. The van der Waals surface area contributed by atoms with Crippen molar-refractivity contribution in [2.75, 3.05) is 14.2 Å². The molecule has 26 heavy (non-hydrogen) atoms. The van der Waals surface area contributed by atoms with Gasteiger partial charge in [0, 0.05) is 19.5 Å². The van der Waals surface area contributed by atoms with Gasteiger partial charge in [-0.1, -0.05) is 0 Å². The number of ether oxygens (including phenoxy) is 2. The molecule has 0 aliphatic carbocycles. The van der Waals surface area contributed by atoms with Crippen LogP contribution in [0, 0.1) is 6.92 Å². The zero-order chi connectivity index (χ0) is 18.7. The number of hydrogen-bond donors (Lipinski definition) is 1. The number of carbonyl (C=O) groups is 1. The van der Waals surface area contributed by atoms with Gasteiger partial charge < -0.3 is 14.8 Å². The van der Waals surface area contributed by atoms with Crippen molar-refractivity contribution in [2.24, 2.45) is 0 Å². The number of hydrogen-bond acceptors (Lipinski definition) is 7. The first-order valence-electron chi connectivity index (χ1n) is 8.08. The predicted molar refractivity (Wildman–Crippen MR) is 99.5 cm³/mol. The molecule has 0 aliphatic rings. The molecule has 3 heterocycles. The quantitative estimate of drug-likeness (QED) is 0.716. The maximum atomic E-state index is 12.8. The van der Waals surface area contributed by atoms with Gasteiger partial charge in [0.05, 0.1) is 23.4 Å². The van der Waals surface area contributed by atoms with Crippen molar-refractivity contribution in [3.8, 4) is 5.88 Å². The Morgan fingerprint density at radius 2 is 2.00 bits per heavy atom. The van der Waals surface area contributed by atoms with E-state index in [-0.39, 0.29) is 18.6 Å². The number of aromatic nitrogens is 3. The summed E-state index contributed by atoms with van der Waals surface area (Å²) in [6.07, 6.45) is 3.42. The van der Waals surface area contributed by atoms with E-state index in [9.17, 15) is 4.79 Å². The van der Waals surface area contributed by atoms with Crippen molar-refractivity contribution >= 4 is 27.5 Å². The fraction of sp³-hybridized carbons (Fsp3) is 0.333. The number of aryl methyl sites for hydroxylation is 1. The number of pyridine rings is 1. The van der Waals surface area contributed by atoms with E-state index >= 15 is 0 Å². The summed E-state index contributed by atoms with van der Waals surface area (Å²) in [6.45, 7) is 4.10. The molecule has 8 heteroatoms. The smallest absolute Gasteiger partial charge is 0.262 e. The van der Waals surface area contributed by atoms with E-state index < -0.39 is 0 Å². The zero-order valence-electron chi connectivity index (χ0n) is 15.1. The fourth-order valence-corrected chi connectivity index (χ4v) is 3.79. The monoisotopic (exact) mass is 372 g/mol. The molecule has 0 bridgehead atoms. The molecule has 0 aliphatic heterocycles. The molecule has 7 nitrogen and oxygen atoms in total. The molecule has 1 unspecified atom stereocenters. The highest BCUT2D eigenvalue weighted by Crippen LogP contribution is 2.35. The molecule has 3 aromatic rings. The Bertz CT molecular complexity index is 927. The Balaban J connectivity index is 1.94. The van der Waals surface area contributed by atoms with Crippen LogP contribution in [-0.2, 0) is 11.3 Å². The number of thiophene rings is 1. The topological polar surface area (TPSA) is 86.2 Å². The minimum atomic E-state index is -0.148. The molecule has 0 radical (unpaired) electrons. The number of nitrogens with one attached hydrogen (secondary N) is 1. The SMILES string of the molecule is COCc1nc(OC)c2c(C)c(C(=O)NC(C)c3ccncc3)sc2n1. The van der Waals surface area contributed by atoms with Gasteiger partial charge in [-0.15, -0.1) is 11.3 Å². The molecule has 1 amide bonds. The van der Waals surface area contributed by atoms with Crippen molar-refractivity contribution in [1.82, 2.24) is 20.3 Å². The lowest BCUT2D eigenvalue weighted by molar-refractivity contribution is 0.0943. The summed E-state index contributed by atoms with van der Waals surface area (Å²) in [5.41, 5.74) is 1.80. The van der Waals surface area contributed by atoms with E-state index in [1.54, 1.807) is 26.6 Å². The van der Waals surface area contributed by atoms with E-state index in [4.69, 9.17) is 9.47 Å². The third-order valence-electron chi connectivity index (χ3n) is 4.03. The van der Waals surface area contributed by atoms with Crippen molar-refractivity contribution in [2.45, 2.75) is 26.5 Å². The zero-order valence-corrected chi connectivity index (χ0v) is 15.9. The fourth-order valence-electron chi connectivity index (χ4n) is 2.70. The molecule has 136 valence electrons. The Kier molecular flexibility index (Phi) is 5.43. The first-order valence-corrected chi connectivity index (χ1v) is 8.90. The van der Waals surface area contributed by atoms with Crippen LogP contribution in [0.1, 0.15) is 39.6 Å². The van der Waals surface area contributed by atoms with Crippen LogP contribution in [0.3, 0.4) is 0 Å². The van der Waals surface area contributed by atoms with Gasteiger partial charge in [0.15, 0.2) is 5.82 Å². The molecule has 1 atom stereocenters. The lowest BCUT2D eigenvalue weighted by Crippen LogP contribution is -2.26. The van der Waals surface area contributed by atoms with Gasteiger partial charge in [-0.3, -0.25) is 9.78 Å². The van der Waals surface area contributed by atoms with Gasteiger partial charge in [-0.2, -0.15) is 4.98 Å². The Morgan fingerprint density at radius 1 is 1.27 bits per heavy atom. The average Bonchev–Trinajstić information content (AvgIpc) is 2.99. The molecule has 3 aromatic heterocycles. The van der Waals surface area contributed by atoms with Crippen LogP contribution in [0.4, 0.5) is 0 Å². The van der Waals surface area contributed by atoms with Crippen molar-refractivity contribution in [3.05, 3.63) is 46.4 Å². The molecular weight excluding hydrogens is 352 g/mol. The lowest BCUT2D eigenvalue weighted by atomic mass is 10.1. The van der Waals surface area contributed by atoms with E-state index in [2.05, 4.69) is 20.3 Å². The summed E-state index contributed by atoms with van der Waals surface area (Å²) >= 11 is 1.33. The van der Waals surface area contributed by atoms with Crippen LogP contribution in [-0.4, -0.2) is 35.1 Å². The maximum Gasteiger partial charge on any atom is 0.262 e. The van der Waals surface area contributed by atoms with Gasteiger partial charge in [0.1, 0.15) is 11.4 Å². The first-order chi connectivity index (χ1) is 12.5. The largest absolute Gasteiger partial charge is 0.480 e. The summed E-state index contributed by atoms with van der Waals surface area (Å²) in [5, 5.41) is 3.78. The number of methoxy groups -OCH3 is 2. The molecule has 0 fully saturated rings. The van der Waals surface area contributed by atoms with E-state index in [0.717, 1.165) is 16.5 Å². The number of carbonyl (C=O) groups excluding carboxylic acids is 1. The Morgan fingerprint density at radius 3 is 2.65 bits per heavy atom. The standard InChI is InChI=1S/C18H20N4O3S/c1-10-14-17(25-4)21-13(9-24-3)22-18(14)26-15(10)16(23)20-11(2)12-5-7-19-8-6-12/h5-8,11H,9H2,1-4H3,(H,20,23). The Labute approximate surface area is 155 Å². The summed E-state index contributed by atoms with van der Waals surface area (Å²) in [6, 6.07) is 3.63. The lowest BCUT2D eigenvalue weighted by Gasteiger charge is -2.13. The molecule has 0 aromatic carbocycles. The van der Waals surface area contributed by atoms with E-state index in [1.165, 1.54) is 11.3 Å². The minimum absolute atomic E-state index is 0.132. The van der Waals surface area contributed by atoms with Crippen LogP contribution >= 0.6 is 11.3 Å². The third kappa shape index (κ3) is 3.51. The van der Waals surface area contributed by atoms with Gasteiger partial charge in [0.2, 0.25) is 5.88 Å². The van der Waals surface area contributed by atoms with Crippen molar-refractivity contribution in [1.29, 1.82) is 0 Å². The second-order valence-corrected chi connectivity index (χ2v) is 6.79. The molecule has 0 spiro atoms. The number of amides is 1. The van der Waals surface area contributed by atoms with Crippen LogP contribution in [0.5, 0.6) is 5.88 Å². The molecule has 3 rings (SSSR count). The van der Waals surface area contributed by atoms with Crippen LogP contribution in [0.15, 0.2) is 24.5 Å². The second kappa shape index (κ2) is 7.76. The molecular formula is C18H20N4O3S. The number of rotatable bonds is 6. The van der Waals surface area contributed by atoms with Crippen LogP contribution < -0.4 is 10.1 Å². The highest BCUT2D eigenvalue weighted by Gasteiger charge is 2.22. The van der Waals surface area contributed by atoms with Crippen molar-refractivity contribution in [3.63, 3.8) is 0 Å². The van der Waals surface area contributed by atoms with Crippen LogP contribution in [0.25, 0.3) is 10.2 Å². The third-order valence-corrected chi connectivity index (χ3v) is 5.21. The van der Waals surface area contributed by atoms with Gasteiger partial charge in [-0.25, -0.2) is 4.98 Å². The van der Waals surface area contributed by atoms with Crippen molar-refractivity contribution < 1.29 is 14.3 Å². The highest BCUT2D eigenvalue weighted by molar-refractivity contribution is 7.20. The second-order valence-electron chi connectivity index (χ2n) is 5.79. The summed E-state index contributed by atoms with van der Waals surface area (Å²) < 4.78 is 10.5. The van der Waals surface area contributed by atoms with E-state index in [1.807, 2.05) is 26.0 Å². The highest BCUT2D eigenvalue weighted by atomic mass is 32.1. The molecule has 0 saturated heterocycles. The summed E-state index contributed by atoms with van der Waals surface area (Å²) in [5.74, 6) is 0.831. The number of fused-ring (bicyclic) bond motifs is 1. The maximum absolute atomic E-state index is 12.8. The predicted octanol–water partition coefficient (Wildman–Crippen LogP) is 3.04. The minimum Gasteiger partial charge on any atom is -0.480 e. The van der Waals surface area contributed by atoms with E-state index in [0.29, 0.717) is 21.4 Å². The van der Waals surface area contributed by atoms with Crippen LogP contribution in [0.2, 0.25) is 0 Å². The van der Waals surface area contributed by atoms with Gasteiger partial charge in [0.25, 0.3) is 5.91 Å². The number of nitrogens with zero attached hydrogens (tertiary/aromatic N) is 3. The molecule has 0 saturated carbocycles. The summed E-state index contributed by atoms with van der Waals surface area (Å²) in [4.78, 5) is 27.0. The van der Waals surface area contributed by atoms with Gasteiger partial charge in [-0.05, 0) is 37.1 Å². The normalized spacial score (nSPS) is 12.2. The Hall–Kier alpha value is -2.58. The van der Waals surface area contributed by atoms with Gasteiger partial charge >= 0.3 is 0 Å². The molecule has 1 N–H and O–H groups in total. The first kappa shape index (κ1) is 18.2. The summed E-state index contributed by atoms with van der Waals surface area (Å²) in [7, 11) is 3.14.